The molecule has 0 fully saturated rings. The fraction of sp³-hybridized carbons (Fsp3) is 0.333. The zero-order chi connectivity index (χ0) is 28.6. The molecular weight excluding hydrogens is 514 g/mol. The standard InChI is InChI=1S/C30H37N3O5S/c1-22(2)31-30(35)27(19-24-11-7-6-8-12-24)32(20-25-17-15-23(3)16-18-25)29(34)21-33(39(5,36)37)26-13-9-10-14-28(26)38-4/h6-18,22,27H,19-21H2,1-5H3,(H,31,35). The van der Waals surface area contributed by atoms with Gasteiger partial charge in [-0.1, -0.05) is 72.3 Å². The number of carbonyl (C=O) groups is 2. The lowest BCUT2D eigenvalue weighted by molar-refractivity contribution is -0.140. The van der Waals surface area contributed by atoms with Crippen molar-refractivity contribution in [3.05, 3.63) is 95.6 Å². The number of hydrogen-bond donors (Lipinski definition) is 1. The molecule has 0 aromatic heterocycles. The Morgan fingerprint density at radius 1 is 0.897 bits per heavy atom. The molecule has 0 aliphatic heterocycles. The summed E-state index contributed by atoms with van der Waals surface area (Å²) >= 11 is 0. The van der Waals surface area contributed by atoms with Crippen molar-refractivity contribution in [1.29, 1.82) is 0 Å². The van der Waals surface area contributed by atoms with Gasteiger partial charge in [0.05, 0.1) is 19.1 Å². The molecule has 3 aromatic carbocycles. The first kappa shape index (κ1) is 29.7. The second-order valence-electron chi connectivity index (χ2n) is 9.82. The minimum atomic E-state index is -3.88. The molecule has 0 saturated carbocycles. The summed E-state index contributed by atoms with van der Waals surface area (Å²) in [4.78, 5) is 29.1. The number of nitrogens with zero attached hydrogens (tertiary/aromatic N) is 2. The molecule has 2 amide bonds. The molecule has 9 heteroatoms. The quantitative estimate of drug-likeness (QED) is 0.368. The summed E-state index contributed by atoms with van der Waals surface area (Å²) < 4.78 is 32.2. The fourth-order valence-electron chi connectivity index (χ4n) is 4.26. The highest BCUT2D eigenvalue weighted by molar-refractivity contribution is 7.92. The van der Waals surface area contributed by atoms with Crippen LogP contribution in [0.15, 0.2) is 78.9 Å². The van der Waals surface area contributed by atoms with Crippen molar-refractivity contribution in [2.75, 3.05) is 24.2 Å². The van der Waals surface area contributed by atoms with E-state index in [0.717, 1.165) is 27.3 Å². The van der Waals surface area contributed by atoms with Crippen molar-refractivity contribution >= 4 is 27.5 Å². The molecule has 0 radical (unpaired) electrons. The molecular formula is C30H37N3O5S. The first-order valence-corrected chi connectivity index (χ1v) is 14.6. The monoisotopic (exact) mass is 551 g/mol. The molecule has 0 heterocycles. The Hall–Kier alpha value is -3.85. The van der Waals surface area contributed by atoms with Gasteiger partial charge in [-0.3, -0.25) is 13.9 Å². The Bertz CT molecular complexity index is 1360. The summed E-state index contributed by atoms with van der Waals surface area (Å²) in [6.45, 7) is 5.32. The van der Waals surface area contributed by atoms with Gasteiger partial charge in [0.1, 0.15) is 18.3 Å². The maximum absolute atomic E-state index is 14.1. The van der Waals surface area contributed by atoms with Crippen LogP contribution in [0.2, 0.25) is 0 Å². The number of nitrogens with one attached hydrogen (secondary N) is 1. The molecule has 3 aromatic rings. The van der Waals surface area contributed by atoms with E-state index >= 15 is 0 Å². The summed E-state index contributed by atoms with van der Waals surface area (Å²) in [6, 6.07) is 22.8. The summed E-state index contributed by atoms with van der Waals surface area (Å²) in [5, 5.41) is 2.94. The molecule has 3 rings (SSSR count). The topological polar surface area (TPSA) is 96.0 Å². The van der Waals surface area contributed by atoms with Crippen LogP contribution >= 0.6 is 0 Å². The molecule has 0 spiro atoms. The molecule has 8 nitrogen and oxygen atoms in total. The number of ether oxygens (including phenoxy) is 1. The SMILES string of the molecule is COc1ccccc1N(CC(=O)N(Cc1ccc(C)cc1)C(Cc1ccccc1)C(=O)NC(C)C)S(C)(=O)=O. The van der Waals surface area contributed by atoms with Crippen LogP contribution in [0.1, 0.15) is 30.5 Å². The van der Waals surface area contributed by atoms with Crippen LogP contribution < -0.4 is 14.4 Å². The first-order valence-electron chi connectivity index (χ1n) is 12.8. The maximum Gasteiger partial charge on any atom is 0.244 e. The van der Waals surface area contributed by atoms with Crippen LogP contribution in [0.25, 0.3) is 0 Å². The van der Waals surface area contributed by atoms with Gasteiger partial charge in [0.15, 0.2) is 0 Å². The lowest BCUT2D eigenvalue weighted by Crippen LogP contribution is -2.54. The number of methoxy groups -OCH3 is 1. The number of para-hydroxylation sites is 2. The van der Waals surface area contributed by atoms with Crippen molar-refractivity contribution in [3.63, 3.8) is 0 Å². The number of anilines is 1. The molecule has 208 valence electrons. The van der Waals surface area contributed by atoms with Crippen LogP contribution in [0.3, 0.4) is 0 Å². The van der Waals surface area contributed by atoms with Crippen molar-refractivity contribution in [2.24, 2.45) is 0 Å². The molecule has 39 heavy (non-hydrogen) atoms. The first-order chi connectivity index (χ1) is 18.5. The van der Waals surface area contributed by atoms with Crippen LogP contribution in [0.4, 0.5) is 5.69 Å². The van der Waals surface area contributed by atoms with E-state index in [4.69, 9.17) is 4.74 Å². The molecule has 1 atom stereocenters. The largest absolute Gasteiger partial charge is 0.495 e. The van der Waals surface area contributed by atoms with Gasteiger partial charge in [-0.25, -0.2) is 8.42 Å². The number of hydrogen-bond acceptors (Lipinski definition) is 5. The zero-order valence-electron chi connectivity index (χ0n) is 23.1. The highest BCUT2D eigenvalue weighted by atomic mass is 32.2. The van der Waals surface area contributed by atoms with Crippen LogP contribution in [0, 0.1) is 6.92 Å². The molecule has 1 N–H and O–H groups in total. The highest BCUT2D eigenvalue weighted by Crippen LogP contribution is 2.30. The predicted octanol–water partition coefficient (Wildman–Crippen LogP) is 3.93. The Morgan fingerprint density at radius 2 is 1.51 bits per heavy atom. The number of rotatable bonds is 12. The summed E-state index contributed by atoms with van der Waals surface area (Å²) in [5.41, 5.74) is 3.02. The smallest absolute Gasteiger partial charge is 0.244 e. The normalized spacial score (nSPS) is 12.1. The zero-order valence-corrected chi connectivity index (χ0v) is 23.9. The van der Waals surface area contributed by atoms with Gasteiger partial charge >= 0.3 is 0 Å². The lowest BCUT2D eigenvalue weighted by atomic mass is 10.0. The van der Waals surface area contributed by atoms with Crippen molar-refractivity contribution in [2.45, 2.75) is 45.8 Å². The van der Waals surface area contributed by atoms with E-state index in [1.807, 2.05) is 75.4 Å². The molecule has 1 unspecified atom stereocenters. The molecule has 0 bridgehead atoms. The lowest BCUT2D eigenvalue weighted by Gasteiger charge is -2.34. The van der Waals surface area contributed by atoms with Crippen LogP contribution in [-0.2, 0) is 32.6 Å². The van der Waals surface area contributed by atoms with E-state index in [1.165, 1.54) is 12.0 Å². The van der Waals surface area contributed by atoms with Crippen molar-refractivity contribution in [3.8, 4) is 5.75 Å². The number of sulfonamides is 1. The van der Waals surface area contributed by atoms with Gasteiger partial charge in [-0.15, -0.1) is 0 Å². The molecule has 0 aliphatic carbocycles. The molecule has 0 aliphatic rings. The fourth-order valence-corrected chi connectivity index (χ4v) is 5.11. The Balaban J connectivity index is 2.07. The van der Waals surface area contributed by atoms with Crippen LogP contribution in [0.5, 0.6) is 5.75 Å². The van der Waals surface area contributed by atoms with Gasteiger partial charge < -0.3 is 15.0 Å². The number of aryl methyl sites for hydroxylation is 1. The van der Waals surface area contributed by atoms with E-state index in [9.17, 15) is 18.0 Å². The second-order valence-corrected chi connectivity index (χ2v) is 11.7. The van der Waals surface area contributed by atoms with Gasteiger partial charge in [0, 0.05) is 19.0 Å². The van der Waals surface area contributed by atoms with Crippen molar-refractivity contribution < 1.29 is 22.7 Å². The van der Waals surface area contributed by atoms with E-state index < -0.39 is 28.5 Å². The molecule has 0 saturated heterocycles. The summed E-state index contributed by atoms with van der Waals surface area (Å²) in [5.74, 6) is -0.497. The second kappa shape index (κ2) is 13.3. The van der Waals surface area contributed by atoms with Gasteiger partial charge in [-0.05, 0) is 44.0 Å². The van der Waals surface area contributed by atoms with Gasteiger partial charge in [-0.2, -0.15) is 0 Å². The summed E-state index contributed by atoms with van der Waals surface area (Å²) in [7, 11) is -2.43. The number of benzene rings is 3. The van der Waals surface area contributed by atoms with E-state index in [2.05, 4.69) is 5.32 Å². The minimum absolute atomic E-state index is 0.131. The van der Waals surface area contributed by atoms with Gasteiger partial charge in [0.25, 0.3) is 0 Å². The third-order valence-corrected chi connectivity index (χ3v) is 7.34. The third-order valence-electron chi connectivity index (χ3n) is 6.21. The average Bonchev–Trinajstić information content (AvgIpc) is 2.89. The Labute approximate surface area is 231 Å². The predicted molar refractivity (Wildman–Crippen MR) is 154 cm³/mol. The van der Waals surface area contributed by atoms with E-state index in [1.54, 1.807) is 24.3 Å². The number of carbonyl (C=O) groups excluding carboxylic acids is 2. The average molecular weight is 552 g/mol. The van der Waals surface area contributed by atoms with E-state index in [-0.39, 0.29) is 30.6 Å². The Morgan fingerprint density at radius 3 is 2.10 bits per heavy atom. The van der Waals surface area contributed by atoms with Gasteiger partial charge in [0.2, 0.25) is 21.8 Å². The maximum atomic E-state index is 14.1. The minimum Gasteiger partial charge on any atom is -0.495 e. The number of amides is 2. The third kappa shape index (κ3) is 8.32. The summed E-state index contributed by atoms with van der Waals surface area (Å²) in [6.07, 6.45) is 1.31. The Kier molecular flexibility index (Phi) is 10.1. The van der Waals surface area contributed by atoms with E-state index in [0.29, 0.717) is 5.75 Å². The highest BCUT2D eigenvalue weighted by Gasteiger charge is 2.33. The van der Waals surface area contributed by atoms with Crippen molar-refractivity contribution in [1.82, 2.24) is 10.2 Å². The van der Waals surface area contributed by atoms with Crippen LogP contribution in [-0.4, -0.2) is 57.1 Å².